The number of hydrogen-bond donors (Lipinski definition) is 2. The zero-order valence-electron chi connectivity index (χ0n) is 10.1. The van der Waals surface area contributed by atoms with Gasteiger partial charge in [0.15, 0.2) is 0 Å². The monoisotopic (exact) mass is 231 g/mol. The number of rotatable bonds is 4. The van der Waals surface area contributed by atoms with Crippen LogP contribution in [0.2, 0.25) is 0 Å². The molecule has 0 radical (unpaired) electrons. The highest BCUT2D eigenvalue weighted by molar-refractivity contribution is 5.60. The van der Waals surface area contributed by atoms with Crippen LogP contribution in [0, 0.1) is 6.92 Å². The van der Waals surface area contributed by atoms with E-state index in [1.54, 1.807) is 12.4 Å². The van der Waals surface area contributed by atoms with Gasteiger partial charge in [-0.2, -0.15) is 0 Å². The third-order valence-corrected chi connectivity index (χ3v) is 2.94. The minimum atomic E-state index is 0.0825. The lowest BCUT2D eigenvalue weighted by Gasteiger charge is -2.06. The molecule has 4 nitrogen and oxygen atoms in total. The van der Waals surface area contributed by atoms with E-state index in [0.29, 0.717) is 0 Å². The number of aromatic nitrogens is 3. The Morgan fingerprint density at radius 2 is 2.29 bits per heavy atom. The molecule has 17 heavy (non-hydrogen) atoms. The molecule has 0 aliphatic rings. The molecule has 0 aromatic carbocycles. The smallest absolute Gasteiger partial charge is 0.112 e. The van der Waals surface area contributed by atoms with Crippen molar-refractivity contribution in [3.8, 4) is 11.3 Å². The number of pyridine rings is 1. The molecular weight excluding hydrogens is 214 g/mol. The minimum Gasteiger partial charge on any atom is -0.396 e. The second kappa shape index (κ2) is 5.10. The van der Waals surface area contributed by atoms with Crippen molar-refractivity contribution in [3.63, 3.8) is 0 Å². The quantitative estimate of drug-likeness (QED) is 0.848. The third-order valence-electron chi connectivity index (χ3n) is 2.94. The maximum atomic E-state index is 9.28. The van der Waals surface area contributed by atoms with Gasteiger partial charge in [-0.25, -0.2) is 4.98 Å². The van der Waals surface area contributed by atoms with Crippen LogP contribution in [0.1, 0.15) is 30.8 Å². The maximum absolute atomic E-state index is 9.28. The zero-order valence-corrected chi connectivity index (χ0v) is 10.1. The molecule has 2 N–H and O–H groups in total. The Morgan fingerprint density at radius 1 is 1.47 bits per heavy atom. The van der Waals surface area contributed by atoms with Gasteiger partial charge < -0.3 is 10.1 Å². The van der Waals surface area contributed by atoms with Crippen molar-refractivity contribution in [1.82, 2.24) is 15.0 Å². The van der Waals surface area contributed by atoms with Crippen LogP contribution in [0.25, 0.3) is 11.3 Å². The van der Waals surface area contributed by atoms with Gasteiger partial charge in [-0.15, -0.1) is 0 Å². The summed E-state index contributed by atoms with van der Waals surface area (Å²) in [5.41, 5.74) is 2.93. The Morgan fingerprint density at radius 3 is 2.88 bits per heavy atom. The number of H-pyrrole nitrogens is 1. The lowest BCUT2D eigenvalue weighted by atomic mass is 10.1. The SMILES string of the molecule is CCC(CO)c1nc(-c2cccnc2)c(C)[nH]1. The molecule has 0 aliphatic heterocycles. The molecule has 0 saturated carbocycles. The second-order valence-corrected chi connectivity index (χ2v) is 4.13. The fraction of sp³-hybridized carbons (Fsp3) is 0.385. The highest BCUT2D eigenvalue weighted by Crippen LogP contribution is 2.24. The van der Waals surface area contributed by atoms with Crippen molar-refractivity contribution >= 4 is 0 Å². The summed E-state index contributed by atoms with van der Waals surface area (Å²) in [6.45, 7) is 4.15. The number of aromatic amines is 1. The Hall–Kier alpha value is -1.68. The summed E-state index contributed by atoms with van der Waals surface area (Å²) in [4.78, 5) is 11.9. The molecule has 4 heteroatoms. The summed E-state index contributed by atoms with van der Waals surface area (Å²) in [6, 6.07) is 3.88. The first-order chi connectivity index (χ1) is 8.26. The van der Waals surface area contributed by atoms with E-state index < -0.39 is 0 Å². The van der Waals surface area contributed by atoms with Crippen LogP contribution >= 0.6 is 0 Å². The highest BCUT2D eigenvalue weighted by Gasteiger charge is 2.15. The van der Waals surface area contributed by atoms with Crippen LogP contribution in [0.15, 0.2) is 24.5 Å². The Balaban J connectivity index is 2.37. The molecule has 2 aromatic rings. The summed E-state index contributed by atoms with van der Waals surface area (Å²) in [5.74, 6) is 0.936. The molecule has 2 aromatic heterocycles. The first kappa shape index (κ1) is 11.8. The van der Waals surface area contributed by atoms with Gasteiger partial charge in [-0.1, -0.05) is 6.92 Å². The molecule has 0 aliphatic carbocycles. The maximum Gasteiger partial charge on any atom is 0.112 e. The normalized spacial score (nSPS) is 12.6. The summed E-state index contributed by atoms with van der Waals surface area (Å²) >= 11 is 0. The van der Waals surface area contributed by atoms with E-state index in [4.69, 9.17) is 0 Å². The zero-order chi connectivity index (χ0) is 12.3. The van der Waals surface area contributed by atoms with Crippen molar-refractivity contribution in [3.05, 3.63) is 36.0 Å². The van der Waals surface area contributed by atoms with Gasteiger partial charge in [-0.05, 0) is 25.5 Å². The van der Waals surface area contributed by atoms with Crippen LogP contribution in [-0.4, -0.2) is 26.7 Å². The molecule has 0 spiro atoms. The first-order valence-corrected chi connectivity index (χ1v) is 5.84. The van der Waals surface area contributed by atoms with Crippen molar-refractivity contribution in [2.75, 3.05) is 6.61 Å². The number of aliphatic hydroxyl groups excluding tert-OH is 1. The molecule has 90 valence electrons. The number of imidazole rings is 1. The summed E-state index contributed by atoms with van der Waals surface area (Å²) < 4.78 is 0. The average Bonchev–Trinajstić information content (AvgIpc) is 2.74. The van der Waals surface area contributed by atoms with E-state index in [0.717, 1.165) is 29.2 Å². The van der Waals surface area contributed by atoms with Crippen molar-refractivity contribution < 1.29 is 5.11 Å². The van der Waals surface area contributed by atoms with Gasteiger partial charge >= 0.3 is 0 Å². The van der Waals surface area contributed by atoms with Crippen LogP contribution in [0.5, 0.6) is 0 Å². The van der Waals surface area contributed by atoms with E-state index in [1.807, 2.05) is 26.0 Å². The van der Waals surface area contributed by atoms with E-state index in [9.17, 15) is 5.11 Å². The lowest BCUT2D eigenvalue weighted by Crippen LogP contribution is -2.04. The topological polar surface area (TPSA) is 61.8 Å². The Kier molecular flexibility index (Phi) is 3.54. The number of aliphatic hydroxyl groups is 1. The Bertz CT molecular complexity index is 475. The largest absolute Gasteiger partial charge is 0.396 e. The van der Waals surface area contributed by atoms with Crippen molar-refractivity contribution in [2.45, 2.75) is 26.2 Å². The molecule has 0 amide bonds. The lowest BCUT2D eigenvalue weighted by molar-refractivity contribution is 0.258. The van der Waals surface area contributed by atoms with Crippen LogP contribution in [0.3, 0.4) is 0 Å². The number of nitrogens with zero attached hydrogens (tertiary/aromatic N) is 2. The molecule has 2 rings (SSSR count). The number of aryl methyl sites for hydroxylation is 1. The fourth-order valence-electron chi connectivity index (χ4n) is 1.87. The highest BCUT2D eigenvalue weighted by atomic mass is 16.3. The minimum absolute atomic E-state index is 0.0825. The molecule has 0 saturated heterocycles. The molecule has 0 fully saturated rings. The Labute approximate surface area is 101 Å². The van der Waals surface area contributed by atoms with Crippen LogP contribution in [-0.2, 0) is 0 Å². The molecule has 2 heterocycles. The summed E-state index contributed by atoms with van der Waals surface area (Å²) in [5, 5.41) is 9.28. The van der Waals surface area contributed by atoms with Crippen LogP contribution in [0.4, 0.5) is 0 Å². The number of hydrogen-bond acceptors (Lipinski definition) is 3. The predicted molar refractivity (Wildman–Crippen MR) is 66.7 cm³/mol. The van der Waals surface area contributed by atoms with Crippen molar-refractivity contribution in [1.29, 1.82) is 0 Å². The molecule has 1 atom stereocenters. The van der Waals surface area contributed by atoms with Gasteiger partial charge in [0.05, 0.1) is 12.3 Å². The van der Waals surface area contributed by atoms with E-state index in [2.05, 4.69) is 15.0 Å². The van der Waals surface area contributed by atoms with Crippen LogP contribution < -0.4 is 0 Å². The first-order valence-electron chi connectivity index (χ1n) is 5.84. The molecular formula is C13H17N3O. The fourth-order valence-corrected chi connectivity index (χ4v) is 1.87. The van der Waals surface area contributed by atoms with Gasteiger partial charge in [0.1, 0.15) is 5.82 Å². The van der Waals surface area contributed by atoms with E-state index >= 15 is 0 Å². The standard InChI is InChI=1S/C13H17N3O/c1-3-10(8-17)13-15-9(2)12(16-13)11-5-4-6-14-7-11/h4-7,10,17H,3,8H2,1-2H3,(H,15,16). The van der Waals surface area contributed by atoms with Gasteiger partial charge in [-0.3, -0.25) is 4.98 Å². The third kappa shape index (κ3) is 2.36. The number of nitrogens with one attached hydrogen (secondary N) is 1. The van der Waals surface area contributed by atoms with Crippen molar-refractivity contribution in [2.24, 2.45) is 0 Å². The average molecular weight is 231 g/mol. The van der Waals surface area contributed by atoms with E-state index in [1.165, 1.54) is 0 Å². The van der Waals surface area contributed by atoms with Gasteiger partial charge in [0.25, 0.3) is 0 Å². The summed E-state index contributed by atoms with van der Waals surface area (Å²) in [6.07, 6.45) is 4.41. The van der Waals surface area contributed by atoms with Gasteiger partial charge in [0, 0.05) is 29.6 Å². The van der Waals surface area contributed by atoms with E-state index in [-0.39, 0.29) is 12.5 Å². The summed E-state index contributed by atoms with van der Waals surface area (Å²) in [7, 11) is 0. The second-order valence-electron chi connectivity index (χ2n) is 4.13. The molecule has 0 bridgehead atoms. The molecule has 1 unspecified atom stereocenters. The van der Waals surface area contributed by atoms with Gasteiger partial charge in [0.2, 0.25) is 0 Å². The predicted octanol–water partition coefficient (Wildman–Crippen LogP) is 2.27.